The summed E-state index contributed by atoms with van der Waals surface area (Å²) in [5, 5.41) is 0. The molecule has 0 aliphatic carbocycles. The van der Waals surface area contributed by atoms with Crippen molar-refractivity contribution in [2.45, 2.75) is 25.5 Å². The van der Waals surface area contributed by atoms with Gasteiger partial charge in [0.2, 0.25) is 0 Å². The van der Waals surface area contributed by atoms with Gasteiger partial charge >= 0.3 is 12.1 Å². The number of rotatable bonds is 2. The van der Waals surface area contributed by atoms with E-state index >= 15 is 0 Å². The average molecular weight is 252 g/mol. The molecule has 1 fully saturated rings. The molecule has 6 heteroatoms. The molecule has 1 saturated heterocycles. The number of imide groups is 1. The van der Waals surface area contributed by atoms with Crippen LogP contribution in [0.3, 0.4) is 0 Å². The Hall–Kier alpha value is -2.11. The third-order valence-electron chi connectivity index (χ3n) is 2.94. The van der Waals surface area contributed by atoms with Gasteiger partial charge in [-0.3, -0.25) is 0 Å². The number of benzene rings is 1. The number of hydrogen-bond acceptors (Lipinski definition) is 3. The Balaban J connectivity index is 2.34. The maximum Gasteiger partial charge on any atom is 0.419 e. The van der Waals surface area contributed by atoms with Crippen molar-refractivity contribution >= 4 is 12.1 Å². The number of ether oxygens (including phenoxy) is 1. The van der Waals surface area contributed by atoms with Crippen molar-refractivity contribution in [1.29, 1.82) is 0 Å². The van der Waals surface area contributed by atoms with Crippen molar-refractivity contribution in [3.63, 3.8) is 0 Å². The monoisotopic (exact) mass is 252 g/mol. The van der Waals surface area contributed by atoms with E-state index in [1.165, 1.54) is 18.2 Å². The van der Waals surface area contributed by atoms with E-state index in [1.807, 2.05) is 0 Å². The fourth-order valence-corrected chi connectivity index (χ4v) is 2.14. The second-order valence-electron chi connectivity index (χ2n) is 4.04. The lowest BCUT2D eigenvalue weighted by Crippen LogP contribution is -2.42. The summed E-state index contributed by atoms with van der Waals surface area (Å²) in [6, 6.07) is 4.40. The number of nitrogens with zero attached hydrogens (tertiary/aromatic N) is 1. The molecule has 2 unspecified atom stereocenters. The average Bonchev–Trinajstić information content (AvgIpc) is 2.66. The van der Waals surface area contributed by atoms with Crippen LogP contribution in [0.4, 0.5) is 14.0 Å². The number of primary amides is 1. The first-order valence-electron chi connectivity index (χ1n) is 5.59. The smallest absolute Gasteiger partial charge is 0.419 e. The molecule has 1 aliphatic rings. The summed E-state index contributed by atoms with van der Waals surface area (Å²) in [6.45, 7) is 1.80. The van der Waals surface area contributed by atoms with Crippen LogP contribution in [0.25, 0.3) is 0 Å². The first kappa shape index (κ1) is 12.3. The van der Waals surface area contributed by atoms with E-state index in [1.54, 1.807) is 13.0 Å². The minimum atomic E-state index is -0.856. The molecule has 0 aromatic heterocycles. The predicted octanol–water partition coefficient (Wildman–Crippen LogP) is 2.18. The molecule has 5 nitrogen and oxygen atoms in total. The largest absolute Gasteiger partial charge is 0.439 e. The van der Waals surface area contributed by atoms with E-state index in [2.05, 4.69) is 0 Å². The van der Waals surface area contributed by atoms with Crippen LogP contribution in [0, 0.1) is 5.82 Å². The number of hydrogen-bond donors (Lipinski definition) is 1. The van der Waals surface area contributed by atoms with Gasteiger partial charge in [0.1, 0.15) is 11.9 Å². The Bertz CT molecular complexity index is 492. The maximum atomic E-state index is 13.2. The number of urea groups is 1. The lowest BCUT2D eigenvalue weighted by Gasteiger charge is -2.20. The molecular weight excluding hydrogens is 239 g/mol. The van der Waals surface area contributed by atoms with E-state index in [0.717, 1.165) is 4.90 Å². The Morgan fingerprint density at radius 1 is 1.56 bits per heavy atom. The van der Waals surface area contributed by atoms with Crippen molar-refractivity contribution in [2.24, 2.45) is 5.73 Å². The van der Waals surface area contributed by atoms with E-state index in [-0.39, 0.29) is 0 Å². The van der Waals surface area contributed by atoms with E-state index in [0.29, 0.717) is 12.0 Å². The molecule has 0 saturated carbocycles. The SMILES string of the molecule is CCC1C(c2cccc(F)c2)OC(=O)N1C(N)=O. The Morgan fingerprint density at radius 2 is 2.28 bits per heavy atom. The lowest BCUT2D eigenvalue weighted by molar-refractivity contribution is 0.130. The molecular formula is C12H13FN2O3. The maximum absolute atomic E-state index is 13.2. The van der Waals surface area contributed by atoms with Crippen molar-refractivity contribution in [3.05, 3.63) is 35.6 Å². The van der Waals surface area contributed by atoms with Gasteiger partial charge in [0, 0.05) is 0 Å². The summed E-state index contributed by atoms with van der Waals surface area (Å²) in [7, 11) is 0. The zero-order valence-electron chi connectivity index (χ0n) is 9.80. The van der Waals surface area contributed by atoms with Crippen LogP contribution in [-0.2, 0) is 4.74 Å². The minimum absolute atomic E-state index is 0.420. The first-order chi connectivity index (χ1) is 8.54. The molecule has 96 valence electrons. The molecule has 1 aromatic carbocycles. The second kappa shape index (κ2) is 4.64. The summed E-state index contributed by atoms with van der Waals surface area (Å²) >= 11 is 0. The number of nitrogens with two attached hydrogens (primary N) is 1. The van der Waals surface area contributed by atoms with Gasteiger partial charge < -0.3 is 10.5 Å². The molecule has 3 amide bonds. The summed E-state index contributed by atoms with van der Waals surface area (Å²) < 4.78 is 18.3. The standard InChI is InChI=1S/C12H13FN2O3/c1-2-9-10(7-4-3-5-8(13)6-7)18-12(17)15(9)11(14)16/h3-6,9-10H,2H2,1H3,(H2,14,16). The molecule has 1 aliphatic heterocycles. The topological polar surface area (TPSA) is 72.6 Å². The van der Waals surface area contributed by atoms with Crippen LogP contribution >= 0.6 is 0 Å². The van der Waals surface area contributed by atoms with Crippen molar-refractivity contribution in [1.82, 2.24) is 4.90 Å². The number of cyclic esters (lactones) is 1. The van der Waals surface area contributed by atoms with Crippen LogP contribution in [-0.4, -0.2) is 23.1 Å². The summed E-state index contributed by atoms with van der Waals surface area (Å²) in [6.07, 6.45) is -0.982. The molecule has 0 spiro atoms. The second-order valence-corrected chi connectivity index (χ2v) is 4.04. The molecule has 0 radical (unpaired) electrons. The van der Waals surface area contributed by atoms with Crippen LogP contribution < -0.4 is 5.73 Å². The molecule has 18 heavy (non-hydrogen) atoms. The highest BCUT2D eigenvalue weighted by Gasteiger charge is 2.44. The number of carbonyl (C=O) groups is 2. The lowest BCUT2D eigenvalue weighted by atomic mass is 10.0. The van der Waals surface area contributed by atoms with Crippen LogP contribution in [0.15, 0.2) is 24.3 Å². The Labute approximate surface area is 103 Å². The van der Waals surface area contributed by atoms with E-state index in [9.17, 15) is 14.0 Å². The summed E-state index contributed by atoms with van der Waals surface area (Å²) in [5.74, 6) is -0.420. The molecule has 0 bridgehead atoms. The van der Waals surface area contributed by atoms with Gasteiger partial charge in [-0.15, -0.1) is 0 Å². The Morgan fingerprint density at radius 3 is 2.83 bits per heavy atom. The fourth-order valence-electron chi connectivity index (χ4n) is 2.14. The normalized spacial score (nSPS) is 23.0. The van der Waals surface area contributed by atoms with Gasteiger partial charge in [-0.2, -0.15) is 0 Å². The van der Waals surface area contributed by atoms with Crippen molar-refractivity contribution < 1.29 is 18.7 Å². The highest BCUT2D eigenvalue weighted by Crippen LogP contribution is 2.34. The number of halogens is 1. The summed E-state index contributed by atoms with van der Waals surface area (Å²) in [5.41, 5.74) is 5.65. The summed E-state index contributed by atoms with van der Waals surface area (Å²) in [4.78, 5) is 23.6. The third kappa shape index (κ3) is 2.01. The van der Waals surface area contributed by atoms with Crippen LogP contribution in [0.1, 0.15) is 25.0 Å². The first-order valence-corrected chi connectivity index (χ1v) is 5.59. The van der Waals surface area contributed by atoms with Gasteiger partial charge in [0.15, 0.2) is 0 Å². The highest BCUT2D eigenvalue weighted by molar-refractivity contribution is 5.92. The van der Waals surface area contributed by atoms with Crippen molar-refractivity contribution in [3.8, 4) is 0 Å². The van der Waals surface area contributed by atoms with E-state index in [4.69, 9.17) is 10.5 Å². The van der Waals surface area contributed by atoms with E-state index < -0.39 is 30.1 Å². The minimum Gasteiger partial charge on any atom is -0.439 e. The number of amides is 3. The van der Waals surface area contributed by atoms with Crippen LogP contribution in [0.2, 0.25) is 0 Å². The third-order valence-corrected chi connectivity index (χ3v) is 2.94. The van der Waals surface area contributed by atoms with Crippen molar-refractivity contribution in [2.75, 3.05) is 0 Å². The Kier molecular flexibility index (Phi) is 3.18. The van der Waals surface area contributed by atoms with Crippen LogP contribution in [0.5, 0.6) is 0 Å². The molecule has 1 aromatic rings. The van der Waals surface area contributed by atoms with Gasteiger partial charge in [0.25, 0.3) is 0 Å². The quantitative estimate of drug-likeness (QED) is 0.876. The van der Waals surface area contributed by atoms with Gasteiger partial charge in [0.05, 0.1) is 6.04 Å². The zero-order chi connectivity index (χ0) is 13.3. The fraction of sp³-hybridized carbons (Fsp3) is 0.333. The number of carbonyl (C=O) groups excluding carboxylic acids is 2. The van der Waals surface area contributed by atoms with Gasteiger partial charge in [-0.25, -0.2) is 18.9 Å². The van der Waals surface area contributed by atoms with Gasteiger partial charge in [-0.1, -0.05) is 19.1 Å². The van der Waals surface area contributed by atoms with Gasteiger partial charge in [-0.05, 0) is 24.1 Å². The molecule has 2 rings (SSSR count). The molecule has 2 atom stereocenters. The zero-order valence-corrected chi connectivity index (χ0v) is 9.80. The predicted molar refractivity (Wildman–Crippen MR) is 61.1 cm³/mol. The molecule has 1 heterocycles. The molecule has 2 N–H and O–H groups in total. The highest BCUT2D eigenvalue weighted by atomic mass is 19.1.